The molecule has 0 heterocycles. The topological polar surface area (TPSA) is 29.4 Å². The summed E-state index contributed by atoms with van der Waals surface area (Å²) in [6.07, 6.45) is 12.4. The largest absolute Gasteiger partial charge is 0.145 e. The van der Waals surface area contributed by atoms with Crippen LogP contribution in [-0.2, 0) is 0 Å². The standard InChI is InChI=1S/C10H12BrNO/c1-2-6-10(9-11)7-4-3-5-8-12-13/h2-8H,9H2,1H3/b4-3-,6-2-,8-5+,10-7+. The Morgan fingerprint density at radius 1 is 1.38 bits per heavy atom. The minimum Gasteiger partial charge on any atom is -0.145 e. The lowest BCUT2D eigenvalue weighted by atomic mass is 10.2. The monoisotopic (exact) mass is 241 g/mol. The maximum atomic E-state index is 9.66. The van der Waals surface area contributed by atoms with E-state index in [0.717, 1.165) is 5.33 Å². The van der Waals surface area contributed by atoms with Gasteiger partial charge in [0.2, 0.25) is 0 Å². The molecule has 0 aliphatic carbocycles. The van der Waals surface area contributed by atoms with E-state index in [0.29, 0.717) is 0 Å². The van der Waals surface area contributed by atoms with Crippen LogP contribution >= 0.6 is 15.9 Å². The van der Waals surface area contributed by atoms with Crippen molar-refractivity contribution in [2.45, 2.75) is 6.92 Å². The van der Waals surface area contributed by atoms with Crippen LogP contribution in [0.5, 0.6) is 0 Å². The number of allylic oxidation sites excluding steroid dienone is 7. The Morgan fingerprint density at radius 3 is 2.69 bits per heavy atom. The molecule has 0 saturated carbocycles. The first-order valence-corrected chi connectivity index (χ1v) is 5.00. The minimum atomic E-state index is 0.817. The summed E-state index contributed by atoms with van der Waals surface area (Å²) in [7, 11) is 0. The SMILES string of the molecule is C\C=C/C(=C\C=C/C=C/N=O)CBr. The molecule has 0 spiro atoms. The van der Waals surface area contributed by atoms with Crippen LogP contribution in [0.4, 0.5) is 0 Å². The molecule has 0 fully saturated rings. The van der Waals surface area contributed by atoms with E-state index in [1.807, 2.05) is 31.2 Å². The first-order valence-electron chi connectivity index (χ1n) is 3.88. The number of hydrogen-bond donors (Lipinski definition) is 0. The van der Waals surface area contributed by atoms with Gasteiger partial charge in [-0.05, 0) is 23.7 Å². The van der Waals surface area contributed by atoms with Crippen LogP contribution in [0, 0.1) is 4.91 Å². The summed E-state index contributed by atoms with van der Waals surface area (Å²) in [4.78, 5) is 9.66. The van der Waals surface area contributed by atoms with E-state index in [4.69, 9.17) is 0 Å². The van der Waals surface area contributed by atoms with Crippen molar-refractivity contribution in [2.75, 3.05) is 5.33 Å². The lowest BCUT2D eigenvalue weighted by molar-refractivity contribution is 1.52. The molecule has 0 saturated heterocycles. The van der Waals surface area contributed by atoms with Gasteiger partial charge in [-0.1, -0.05) is 46.3 Å². The number of nitrogens with zero attached hydrogens (tertiary/aromatic N) is 1. The van der Waals surface area contributed by atoms with Gasteiger partial charge in [-0.25, -0.2) is 0 Å². The average Bonchev–Trinajstić information content (AvgIpc) is 2.16. The summed E-state index contributed by atoms with van der Waals surface area (Å²) in [5, 5.41) is 3.40. The number of hydrogen-bond acceptors (Lipinski definition) is 2. The third-order valence-electron chi connectivity index (χ3n) is 1.21. The van der Waals surface area contributed by atoms with Crippen LogP contribution in [0.3, 0.4) is 0 Å². The normalized spacial score (nSPS) is 13.5. The van der Waals surface area contributed by atoms with E-state index < -0.39 is 0 Å². The molecule has 0 aromatic heterocycles. The summed E-state index contributed by atoms with van der Waals surface area (Å²) in [5.74, 6) is 0. The molecule has 0 rings (SSSR count). The Bertz CT molecular complexity index is 252. The molecule has 70 valence electrons. The Kier molecular flexibility index (Phi) is 8.46. The van der Waals surface area contributed by atoms with E-state index in [9.17, 15) is 4.91 Å². The highest BCUT2D eigenvalue weighted by Crippen LogP contribution is 2.01. The second kappa shape index (κ2) is 9.13. The lowest BCUT2D eigenvalue weighted by Crippen LogP contribution is -1.75. The van der Waals surface area contributed by atoms with Crippen molar-refractivity contribution in [3.8, 4) is 0 Å². The fraction of sp³-hybridized carbons (Fsp3) is 0.200. The summed E-state index contributed by atoms with van der Waals surface area (Å²) in [6.45, 7) is 1.97. The second-order valence-electron chi connectivity index (χ2n) is 2.21. The van der Waals surface area contributed by atoms with Crippen molar-refractivity contribution in [1.82, 2.24) is 0 Å². The van der Waals surface area contributed by atoms with E-state index >= 15 is 0 Å². The van der Waals surface area contributed by atoms with Gasteiger partial charge in [-0.15, -0.1) is 4.91 Å². The Balaban J connectivity index is 4.12. The highest BCUT2D eigenvalue weighted by molar-refractivity contribution is 9.09. The average molecular weight is 242 g/mol. The predicted octanol–water partition coefficient (Wildman–Crippen LogP) is 3.72. The first-order chi connectivity index (χ1) is 6.35. The van der Waals surface area contributed by atoms with Crippen LogP contribution in [0.2, 0.25) is 0 Å². The van der Waals surface area contributed by atoms with Crippen LogP contribution in [0.1, 0.15) is 6.92 Å². The van der Waals surface area contributed by atoms with Gasteiger partial charge in [-0.2, -0.15) is 0 Å². The van der Waals surface area contributed by atoms with Crippen LogP contribution < -0.4 is 0 Å². The molecule has 0 aromatic rings. The first kappa shape index (κ1) is 12.0. The van der Waals surface area contributed by atoms with Gasteiger partial charge in [0.25, 0.3) is 0 Å². The molecule has 0 bridgehead atoms. The van der Waals surface area contributed by atoms with Gasteiger partial charge in [0.05, 0.1) is 6.20 Å². The Labute approximate surface area is 86.8 Å². The zero-order valence-corrected chi connectivity index (χ0v) is 9.07. The van der Waals surface area contributed by atoms with Crippen LogP contribution in [0.15, 0.2) is 53.4 Å². The fourth-order valence-corrected chi connectivity index (χ4v) is 1.06. The van der Waals surface area contributed by atoms with Gasteiger partial charge in [0.1, 0.15) is 0 Å². The fourth-order valence-electron chi connectivity index (χ4n) is 0.687. The van der Waals surface area contributed by atoms with Crippen molar-refractivity contribution in [3.05, 3.63) is 53.1 Å². The highest BCUT2D eigenvalue weighted by Gasteiger charge is 1.83. The number of rotatable bonds is 5. The molecule has 2 nitrogen and oxygen atoms in total. The second-order valence-corrected chi connectivity index (χ2v) is 2.77. The molecular weight excluding hydrogens is 230 g/mol. The number of nitroso groups, excluding NO2 is 1. The van der Waals surface area contributed by atoms with Crippen molar-refractivity contribution >= 4 is 15.9 Å². The molecule has 0 radical (unpaired) electrons. The zero-order chi connectivity index (χ0) is 9.94. The van der Waals surface area contributed by atoms with Crippen molar-refractivity contribution in [3.63, 3.8) is 0 Å². The summed E-state index contributed by atoms with van der Waals surface area (Å²) >= 11 is 3.36. The summed E-state index contributed by atoms with van der Waals surface area (Å²) in [5.41, 5.74) is 1.17. The lowest BCUT2D eigenvalue weighted by Gasteiger charge is -1.90. The number of alkyl halides is 1. The van der Waals surface area contributed by atoms with Crippen LogP contribution in [0.25, 0.3) is 0 Å². The molecule has 0 aliphatic rings. The summed E-state index contributed by atoms with van der Waals surface area (Å²) in [6, 6.07) is 0. The van der Waals surface area contributed by atoms with E-state index in [-0.39, 0.29) is 0 Å². The maximum absolute atomic E-state index is 9.66. The number of halogens is 1. The molecule has 0 atom stereocenters. The third-order valence-corrected chi connectivity index (χ3v) is 1.86. The quantitative estimate of drug-likeness (QED) is 0.410. The van der Waals surface area contributed by atoms with Crippen molar-refractivity contribution < 1.29 is 0 Å². The van der Waals surface area contributed by atoms with E-state index in [1.54, 1.807) is 12.2 Å². The smallest absolute Gasteiger partial charge is 0.0714 e. The van der Waals surface area contributed by atoms with Gasteiger partial charge >= 0.3 is 0 Å². The predicted molar refractivity (Wildman–Crippen MR) is 60.8 cm³/mol. The Morgan fingerprint density at radius 2 is 2.15 bits per heavy atom. The molecular formula is C10H12BrNO. The van der Waals surface area contributed by atoms with Gasteiger partial charge in [0, 0.05) is 5.33 Å². The van der Waals surface area contributed by atoms with Crippen molar-refractivity contribution in [1.29, 1.82) is 0 Å². The molecule has 0 amide bonds. The molecule has 13 heavy (non-hydrogen) atoms. The molecule has 0 aliphatic heterocycles. The molecule has 0 aromatic carbocycles. The van der Waals surface area contributed by atoms with Crippen molar-refractivity contribution in [2.24, 2.45) is 5.18 Å². The zero-order valence-electron chi connectivity index (χ0n) is 7.48. The minimum absolute atomic E-state index is 0.817. The highest BCUT2D eigenvalue weighted by atomic mass is 79.9. The van der Waals surface area contributed by atoms with Gasteiger partial charge in [-0.3, -0.25) is 0 Å². The van der Waals surface area contributed by atoms with Gasteiger partial charge in [0.15, 0.2) is 0 Å². The van der Waals surface area contributed by atoms with E-state index in [1.165, 1.54) is 11.8 Å². The van der Waals surface area contributed by atoms with Gasteiger partial charge < -0.3 is 0 Å². The molecule has 0 N–H and O–H groups in total. The van der Waals surface area contributed by atoms with Crippen LogP contribution in [-0.4, -0.2) is 5.33 Å². The molecule has 3 heteroatoms. The molecule has 0 unspecified atom stereocenters. The Hall–Kier alpha value is -0.960. The summed E-state index contributed by atoms with van der Waals surface area (Å²) < 4.78 is 0. The third kappa shape index (κ3) is 7.40. The maximum Gasteiger partial charge on any atom is 0.0714 e. The van der Waals surface area contributed by atoms with E-state index in [2.05, 4.69) is 21.1 Å².